The van der Waals surface area contributed by atoms with Gasteiger partial charge in [0.15, 0.2) is 0 Å². The average molecular weight is 378 g/mol. The fourth-order valence-corrected chi connectivity index (χ4v) is 3.44. The van der Waals surface area contributed by atoms with Gasteiger partial charge in [-0.1, -0.05) is 41.9 Å². The third kappa shape index (κ3) is 3.96. The third-order valence-electron chi connectivity index (χ3n) is 4.78. The van der Waals surface area contributed by atoms with Crippen molar-refractivity contribution in [2.75, 3.05) is 23.3 Å². The van der Waals surface area contributed by atoms with Crippen LogP contribution in [-0.2, 0) is 12.8 Å². The normalized spacial score (nSPS) is 12.7. The molecule has 5 heteroatoms. The van der Waals surface area contributed by atoms with Crippen LogP contribution in [0.3, 0.4) is 0 Å². The number of carbonyl (C=O) groups is 1. The predicted octanol–water partition coefficient (Wildman–Crippen LogP) is 4.59. The number of benzene rings is 2. The summed E-state index contributed by atoms with van der Waals surface area (Å²) >= 11 is 5.90. The maximum Gasteiger partial charge on any atom is 0.259 e. The minimum Gasteiger partial charge on any atom is -0.370 e. The van der Waals surface area contributed by atoms with Gasteiger partial charge in [0, 0.05) is 30.0 Å². The topological polar surface area (TPSA) is 45.2 Å². The van der Waals surface area contributed by atoms with E-state index in [1.165, 1.54) is 11.1 Å². The Labute approximate surface area is 163 Å². The Bertz CT molecular complexity index is 939. The summed E-state index contributed by atoms with van der Waals surface area (Å²) in [6.07, 6.45) is 3.43. The summed E-state index contributed by atoms with van der Waals surface area (Å²) < 4.78 is 0. The van der Waals surface area contributed by atoms with Crippen LogP contribution in [0.5, 0.6) is 0 Å². The van der Waals surface area contributed by atoms with E-state index in [1.807, 2.05) is 59.5 Å². The number of halogens is 1. The van der Waals surface area contributed by atoms with Crippen molar-refractivity contribution < 1.29 is 4.79 Å². The second-order valence-corrected chi connectivity index (χ2v) is 7.01. The summed E-state index contributed by atoms with van der Waals surface area (Å²) in [5.41, 5.74) is 4.05. The van der Waals surface area contributed by atoms with Crippen molar-refractivity contribution in [2.24, 2.45) is 0 Å². The summed E-state index contributed by atoms with van der Waals surface area (Å²) in [5.74, 6) is 0.766. The lowest BCUT2D eigenvalue weighted by atomic mass is 10.1. The minimum atomic E-state index is 0.000152. The first-order valence-electron chi connectivity index (χ1n) is 9.05. The molecule has 2 aromatic carbocycles. The fraction of sp³-hybridized carbons (Fsp3) is 0.182. The Balaban J connectivity index is 1.36. The Kier molecular flexibility index (Phi) is 5.07. The van der Waals surface area contributed by atoms with Gasteiger partial charge in [-0.2, -0.15) is 0 Å². The largest absolute Gasteiger partial charge is 0.370 e. The van der Waals surface area contributed by atoms with Crippen LogP contribution in [-0.4, -0.2) is 24.0 Å². The molecule has 1 N–H and O–H groups in total. The molecule has 0 fully saturated rings. The van der Waals surface area contributed by atoms with Crippen LogP contribution < -0.4 is 10.2 Å². The van der Waals surface area contributed by atoms with Crippen molar-refractivity contribution >= 4 is 29.0 Å². The number of hydrogen-bond donors (Lipinski definition) is 1. The lowest BCUT2D eigenvalue weighted by Crippen LogP contribution is -2.28. The molecule has 0 aliphatic carbocycles. The number of nitrogens with zero attached hydrogens (tertiary/aromatic N) is 2. The van der Waals surface area contributed by atoms with Crippen LogP contribution >= 0.6 is 11.6 Å². The summed E-state index contributed by atoms with van der Waals surface area (Å²) in [4.78, 5) is 19.0. The van der Waals surface area contributed by atoms with Crippen LogP contribution in [0.25, 0.3) is 0 Å². The monoisotopic (exact) mass is 377 g/mol. The highest BCUT2D eigenvalue weighted by molar-refractivity contribution is 6.30. The molecule has 0 atom stereocenters. The van der Waals surface area contributed by atoms with Crippen molar-refractivity contribution in [1.29, 1.82) is 0 Å². The molecule has 1 amide bonds. The lowest BCUT2D eigenvalue weighted by Gasteiger charge is -2.17. The molecule has 4 nitrogen and oxygen atoms in total. The van der Waals surface area contributed by atoms with Gasteiger partial charge in [0.05, 0.1) is 5.56 Å². The Hall–Kier alpha value is -2.85. The number of hydrogen-bond acceptors (Lipinski definition) is 3. The van der Waals surface area contributed by atoms with Gasteiger partial charge in [0.1, 0.15) is 5.82 Å². The zero-order chi connectivity index (χ0) is 18.6. The van der Waals surface area contributed by atoms with Crippen LogP contribution in [0.15, 0.2) is 66.9 Å². The zero-order valence-corrected chi connectivity index (χ0v) is 15.6. The molecule has 1 aliphatic heterocycles. The molecule has 4 rings (SSSR count). The van der Waals surface area contributed by atoms with Crippen molar-refractivity contribution in [3.63, 3.8) is 0 Å². The number of anilines is 2. The van der Waals surface area contributed by atoms with Crippen molar-refractivity contribution in [3.8, 4) is 0 Å². The molecule has 27 heavy (non-hydrogen) atoms. The van der Waals surface area contributed by atoms with Gasteiger partial charge in [0.2, 0.25) is 0 Å². The summed E-state index contributed by atoms with van der Waals surface area (Å²) in [6.45, 7) is 1.49. The van der Waals surface area contributed by atoms with Gasteiger partial charge in [-0.3, -0.25) is 4.79 Å². The van der Waals surface area contributed by atoms with E-state index in [-0.39, 0.29) is 5.91 Å². The first-order valence-corrected chi connectivity index (χ1v) is 9.43. The smallest absolute Gasteiger partial charge is 0.259 e. The number of aromatic nitrogens is 1. The number of pyridine rings is 1. The molecule has 1 aromatic heterocycles. The fourth-order valence-electron chi connectivity index (χ4n) is 3.32. The first kappa shape index (κ1) is 17.6. The quantitative estimate of drug-likeness (QED) is 0.707. The summed E-state index contributed by atoms with van der Waals surface area (Å²) in [6, 6.07) is 19.6. The number of para-hydroxylation sites is 1. The predicted molar refractivity (Wildman–Crippen MR) is 110 cm³/mol. The van der Waals surface area contributed by atoms with E-state index in [4.69, 9.17) is 11.6 Å². The molecule has 0 spiro atoms. The van der Waals surface area contributed by atoms with Gasteiger partial charge < -0.3 is 10.2 Å². The van der Waals surface area contributed by atoms with E-state index in [1.54, 1.807) is 6.20 Å². The van der Waals surface area contributed by atoms with Gasteiger partial charge in [0.25, 0.3) is 5.91 Å². The SMILES string of the molecule is O=C(c1ccc(NCCc2ccc(Cl)cc2)nc1)N1CCc2ccccc21. The number of amides is 1. The highest BCUT2D eigenvalue weighted by atomic mass is 35.5. The van der Waals surface area contributed by atoms with Crippen LogP contribution in [0.2, 0.25) is 5.02 Å². The molecule has 0 saturated heterocycles. The second kappa shape index (κ2) is 7.80. The molecule has 2 heterocycles. The van der Waals surface area contributed by atoms with Gasteiger partial charge in [-0.15, -0.1) is 0 Å². The summed E-state index contributed by atoms with van der Waals surface area (Å²) in [5, 5.41) is 4.03. The van der Waals surface area contributed by atoms with Gasteiger partial charge >= 0.3 is 0 Å². The van der Waals surface area contributed by atoms with Crippen LogP contribution in [0.1, 0.15) is 21.5 Å². The molecule has 0 unspecified atom stereocenters. The third-order valence-corrected chi connectivity index (χ3v) is 5.03. The Morgan fingerprint density at radius 1 is 1.07 bits per heavy atom. The number of fused-ring (bicyclic) bond motifs is 1. The second-order valence-electron chi connectivity index (χ2n) is 6.57. The van der Waals surface area contributed by atoms with Crippen molar-refractivity contribution in [2.45, 2.75) is 12.8 Å². The molecule has 136 valence electrons. The molecular formula is C22H20ClN3O. The van der Waals surface area contributed by atoms with E-state index in [9.17, 15) is 4.79 Å². The Morgan fingerprint density at radius 2 is 1.89 bits per heavy atom. The lowest BCUT2D eigenvalue weighted by molar-refractivity contribution is 0.0989. The van der Waals surface area contributed by atoms with E-state index in [0.717, 1.165) is 42.5 Å². The maximum absolute atomic E-state index is 12.8. The number of nitrogens with one attached hydrogen (secondary N) is 1. The Morgan fingerprint density at radius 3 is 2.67 bits per heavy atom. The van der Waals surface area contributed by atoms with Crippen molar-refractivity contribution in [3.05, 3.63) is 88.6 Å². The number of carbonyl (C=O) groups excluding carboxylic acids is 1. The molecule has 0 saturated carbocycles. The first-order chi connectivity index (χ1) is 13.2. The standard InChI is InChI=1S/C22H20ClN3O/c23-19-8-5-16(6-9-19)11-13-24-21-10-7-18(15-25-21)22(27)26-14-12-17-3-1-2-4-20(17)26/h1-10,15H,11-14H2,(H,24,25). The molecule has 1 aliphatic rings. The molecule has 0 radical (unpaired) electrons. The van der Waals surface area contributed by atoms with E-state index < -0.39 is 0 Å². The molecule has 0 bridgehead atoms. The average Bonchev–Trinajstić information content (AvgIpc) is 3.14. The highest BCUT2D eigenvalue weighted by Gasteiger charge is 2.25. The summed E-state index contributed by atoms with van der Waals surface area (Å²) in [7, 11) is 0. The van der Waals surface area contributed by atoms with Crippen molar-refractivity contribution in [1.82, 2.24) is 4.98 Å². The van der Waals surface area contributed by atoms with E-state index in [2.05, 4.69) is 16.4 Å². The van der Waals surface area contributed by atoms with Gasteiger partial charge in [-0.05, 0) is 54.3 Å². The van der Waals surface area contributed by atoms with E-state index >= 15 is 0 Å². The van der Waals surface area contributed by atoms with Crippen LogP contribution in [0, 0.1) is 0 Å². The minimum absolute atomic E-state index is 0.000152. The highest BCUT2D eigenvalue weighted by Crippen LogP contribution is 2.28. The molecule has 3 aromatic rings. The number of rotatable bonds is 5. The maximum atomic E-state index is 12.8. The van der Waals surface area contributed by atoms with Gasteiger partial charge in [-0.25, -0.2) is 4.98 Å². The van der Waals surface area contributed by atoms with Crippen LogP contribution in [0.4, 0.5) is 11.5 Å². The molecular weight excluding hydrogens is 358 g/mol. The van der Waals surface area contributed by atoms with E-state index in [0.29, 0.717) is 5.56 Å². The zero-order valence-electron chi connectivity index (χ0n) is 14.9.